The van der Waals surface area contributed by atoms with Crippen LogP contribution in [0.2, 0.25) is 0 Å². The maximum atomic E-state index is 11.9. The Morgan fingerprint density at radius 3 is 2.77 bits per heavy atom. The largest absolute Gasteiger partial charge is 0.357 e. The van der Waals surface area contributed by atoms with E-state index in [1.807, 2.05) is 18.3 Å². The van der Waals surface area contributed by atoms with Crippen molar-refractivity contribution in [2.24, 2.45) is 0 Å². The highest BCUT2D eigenvalue weighted by atomic mass is 16.1. The molecule has 0 radical (unpaired) electrons. The molecule has 0 aliphatic carbocycles. The van der Waals surface area contributed by atoms with Gasteiger partial charge in [-0.15, -0.1) is 0 Å². The first-order valence-corrected chi connectivity index (χ1v) is 7.94. The molecule has 2 N–H and O–H groups in total. The second-order valence-electron chi connectivity index (χ2n) is 5.69. The first-order chi connectivity index (χ1) is 10.8. The molecular weight excluding hydrogens is 276 g/mol. The maximum Gasteiger partial charge on any atom is 0.267 e. The van der Waals surface area contributed by atoms with Crippen molar-refractivity contribution in [3.63, 3.8) is 0 Å². The molecule has 1 amide bonds. The van der Waals surface area contributed by atoms with Crippen LogP contribution in [-0.4, -0.2) is 29.0 Å². The number of rotatable bonds is 4. The van der Waals surface area contributed by atoms with Gasteiger partial charge in [0.05, 0.1) is 0 Å². The smallest absolute Gasteiger partial charge is 0.267 e. The van der Waals surface area contributed by atoms with Gasteiger partial charge in [0.25, 0.3) is 5.91 Å². The van der Waals surface area contributed by atoms with Gasteiger partial charge in [0.1, 0.15) is 11.5 Å². The third kappa shape index (κ3) is 3.67. The Bertz CT molecular complexity index is 601. The van der Waals surface area contributed by atoms with Crippen molar-refractivity contribution in [1.29, 1.82) is 0 Å². The number of carbonyl (C=O) groups is 1. The second-order valence-corrected chi connectivity index (χ2v) is 5.69. The molecule has 0 saturated carbocycles. The van der Waals surface area contributed by atoms with Crippen LogP contribution in [-0.2, 0) is 6.54 Å². The van der Waals surface area contributed by atoms with Crippen molar-refractivity contribution in [2.45, 2.75) is 32.2 Å². The highest BCUT2D eigenvalue weighted by Gasteiger charge is 2.12. The van der Waals surface area contributed by atoms with Crippen LogP contribution in [0.25, 0.3) is 0 Å². The van der Waals surface area contributed by atoms with Crippen LogP contribution in [0, 0.1) is 0 Å². The Morgan fingerprint density at radius 1 is 1.23 bits per heavy atom. The van der Waals surface area contributed by atoms with Crippen LogP contribution in [0.15, 0.2) is 36.7 Å². The summed E-state index contributed by atoms with van der Waals surface area (Å²) in [5, 5.41) is 2.93. The molecule has 1 aliphatic heterocycles. The van der Waals surface area contributed by atoms with Gasteiger partial charge in [0, 0.05) is 32.0 Å². The van der Waals surface area contributed by atoms with E-state index in [4.69, 9.17) is 0 Å². The minimum Gasteiger partial charge on any atom is -0.357 e. The summed E-state index contributed by atoms with van der Waals surface area (Å²) in [6, 6.07) is 7.62. The van der Waals surface area contributed by atoms with E-state index in [0.29, 0.717) is 12.2 Å². The number of amides is 1. The predicted octanol–water partition coefficient (Wildman–Crippen LogP) is 2.72. The first-order valence-electron chi connectivity index (χ1n) is 7.94. The van der Waals surface area contributed by atoms with Gasteiger partial charge in [-0.2, -0.15) is 0 Å². The van der Waals surface area contributed by atoms with E-state index in [0.717, 1.165) is 24.5 Å². The minimum absolute atomic E-state index is 0.0851. The van der Waals surface area contributed by atoms with Gasteiger partial charge >= 0.3 is 0 Å². The van der Waals surface area contributed by atoms with E-state index in [1.165, 1.54) is 25.7 Å². The summed E-state index contributed by atoms with van der Waals surface area (Å²) in [7, 11) is 0. The number of hydrogen-bond acceptors (Lipinski definition) is 3. The molecule has 3 heterocycles. The maximum absolute atomic E-state index is 11.9. The Kier molecular flexibility index (Phi) is 4.73. The van der Waals surface area contributed by atoms with Gasteiger partial charge in [-0.3, -0.25) is 4.79 Å². The fourth-order valence-corrected chi connectivity index (χ4v) is 2.79. The zero-order valence-electron chi connectivity index (χ0n) is 12.7. The molecular formula is C17H22N4O. The van der Waals surface area contributed by atoms with Crippen LogP contribution in [0.3, 0.4) is 0 Å². The van der Waals surface area contributed by atoms with E-state index in [9.17, 15) is 4.79 Å². The topological polar surface area (TPSA) is 61.0 Å². The molecule has 22 heavy (non-hydrogen) atoms. The van der Waals surface area contributed by atoms with Gasteiger partial charge in [-0.05, 0) is 42.7 Å². The number of aromatic nitrogens is 2. The molecule has 116 valence electrons. The van der Waals surface area contributed by atoms with Gasteiger partial charge in [0.2, 0.25) is 0 Å². The van der Waals surface area contributed by atoms with E-state index in [1.54, 1.807) is 12.3 Å². The zero-order chi connectivity index (χ0) is 15.2. The Balaban J connectivity index is 1.62. The number of hydrogen-bond donors (Lipinski definition) is 2. The molecule has 0 unspecified atom stereocenters. The number of anilines is 1. The molecule has 2 aromatic rings. The number of aromatic amines is 1. The predicted molar refractivity (Wildman–Crippen MR) is 86.9 cm³/mol. The molecule has 1 fully saturated rings. The van der Waals surface area contributed by atoms with Crippen LogP contribution < -0.4 is 10.2 Å². The quantitative estimate of drug-likeness (QED) is 0.912. The van der Waals surface area contributed by atoms with Crippen LogP contribution >= 0.6 is 0 Å². The van der Waals surface area contributed by atoms with Crippen molar-refractivity contribution >= 4 is 11.7 Å². The summed E-state index contributed by atoms with van der Waals surface area (Å²) in [4.78, 5) is 21.7. The van der Waals surface area contributed by atoms with Gasteiger partial charge in [-0.1, -0.05) is 12.8 Å². The lowest BCUT2D eigenvalue weighted by Crippen LogP contribution is -2.26. The van der Waals surface area contributed by atoms with Crippen molar-refractivity contribution < 1.29 is 4.79 Å². The van der Waals surface area contributed by atoms with Crippen molar-refractivity contribution in [1.82, 2.24) is 15.3 Å². The van der Waals surface area contributed by atoms with Crippen molar-refractivity contribution in [3.8, 4) is 0 Å². The minimum atomic E-state index is -0.0851. The molecule has 1 saturated heterocycles. The Hall–Kier alpha value is -2.30. The molecule has 2 aromatic heterocycles. The van der Waals surface area contributed by atoms with E-state index < -0.39 is 0 Å². The summed E-state index contributed by atoms with van der Waals surface area (Å²) in [5.74, 6) is 0.937. The third-order valence-corrected chi connectivity index (χ3v) is 4.04. The van der Waals surface area contributed by atoms with Gasteiger partial charge < -0.3 is 15.2 Å². The summed E-state index contributed by atoms with van der Waals surface area (Å²) < 4.78 is 0. The van der Waals surface area contributed by atoms with Gasteiger partial charge in [0.15, 0.2) is 0 Å². The molecule has 0 bridgehead atoms. The van der Waals surface area contributed by atoms with E-state index >= 15 is 0 Å². The standard InChI is InChI=1S/C17H22N4O/c22-17(15-6-5-8-18-15)20-13-14-7-9-19-16(12-14)21-10-3-1-2-4-11-21/h5-9,12,18H,1-4,10-11,13H2,(H,20,22). The lowest BCUT2D eigenvalue weighted by molar-refractivity contribution is 0.0946. The molecule has 1 aliphatic rings. The fourth-order valence-electron chi connectivity index (χ4n) is 2.79. The lowest BCUT2D eigenvalue weighted by Gasteiger charge is -2.21. The molecule has 5 nitrogen and oxygen atoms in total. The third-order valence-electron chi connectivity index (χ3n) is 4.04. The monoisotopic (exact) mass is 298 g/mol. The highest BCUT2D eigenvalue weighted by molar-refractivity contribution is 5.92. The second kappa shape index (κ2) is 7.11. The van der Waals surface area contributed by atoms with Crippen molar-refractivity contribution in [3.05, 3.63) is 47.9 Å². The SMILES string of the molecule is O=C(NCc1ccnc(N2CCCCCC2)c1)c1ccc[nH]1. The highest BCUT2D eigenvalue weighted by Crippen LogP contribution is 2.18. The number of nitrogens with one attached hydrogen (secondary N) is 2. The van der Waals surface area contributed by atoms with Crippen LogP contribution in [0.5, 0.6) is 0 Å². The molecule has 3 rings (SSSR count). The summed E-state index contributed by atoms with van der Waals surface area (Å²) >= 11 is 0. The lowest BCUT2D eigenvalue weighted by atomic mass is 10.2. The number of H-pyrrole nitrogens is 1. The molecule has 0 atom stereocenters. The van der Waals surface area contributed by atoms with Gasteiger partial charge in [-0.25, -0.2) is 4.98 Å². The average molecular weight is 298 g/mol. The Labute approximate surface area is 130 Å². The normalized spacial score (nSPS) is 15.4. The summed E-state index contributed by atoms with van der Waals surface area (Å²) in [6.07, 6.45) is 8.66. The van der Waals surface area contributed by atoms with E-state index in [2.05, 4.69) is 26.3 Å². The Morgan fingerprint density at radius 2 is 2.05 bits per heavy atom. The van der Waals surface area contributed by atoms with Crippen LogP contribution in [0.4, 0.5) is 5.82 Å². The average Bonchev–Trinajstić information content (AvgIpc) is 2.95. The number of pyridine rings is 1. The van der Waals surface area contributed by atoms with E-state index in [-0.39, 0.29) is 5.91 Å². The van der Waals surface area contributed by atoms with Crippen LogP contribution in [0.1, 0.15) is 41.7 Å². The molecule has 5 heteroatoms. The first kappa shape index (κ1) is 14.6. The van der Waals surface area contributed by atoms with Crippen molar-refractivity contribution in [2.75, 3.05) is 18.0 Å². The zero-order valence-corrected chi connectivity index (χ0v) is 12.7. The molecule has 0 aromatic carbocycles. The number of carbonyl (C=O) groups excluding carboxylic acids is 1. The summed E-state index contributed by atoms with van der Waals surface area (Å²) in [6.45, 7) is 2.66. The summed E-state index contributed by atoms with van der Waals surface area (Å²) in [5.41, 5.74) is 1.66. The fraction of sp³-hybridized carbons (Fsp3) is 0.412. The molecule has 0 spiro atoms. The number of nitrogens with zero attached hydrogens (tertiary/aromatic N) is 2.